The Labute approximate surface area is 100 Å². The van der Waals surface area contributed by atoms with Crippen LogP contribution in [0.1, 0.15) is 0 Å². The van der Waals surface area contributed by atoms with E-state index in [-0.39, 0.29) is 11.6 Å². The summed E-state index contributed by atoms with van der Waals surface area (Å²) >= 11 is 0. The van der Waals surface area contributed by atoms with Crippen LogP contribution in [-0.4, -0.2) is 64.1 Å². The van der Waals surface area contributed by atoms with Gasteiger partial charge in [0.2, 0.25) is 10.4 Å². The quantitative estimate of drug-likeness (QED) is 0.192. The second-order valence-corrected chi connectivity index (χ2v) is 5.60. The van der Waals surface area contributed by atoms with Gasteiger partial charge in [-0.05, 0) is 0 Å². The lowest BCUT2D eigenvalue weighted by Crippen LogP contribution is -2.27. The summed E-state index contributed by atoms with van der Waals surface area (Å²) in [6.07, 6.45) is 0. The van der Waals surface area contributed by atoms with Crippen molar-refractivity contribution in [2.45, 2.75) is 0 Å². The third-order valence-corrected chi connectivity index (χ3v) is 0.758. The van der Waals surface area contributed by atoms with Crippen LogP contribution < -0.4 is 6.15 Å². The average molecular weight is 302 g/mol. The molecule has 0 aliphatic heterocycles. The number of hydrogen-bond acceptors (Lipinski definition) is 8. The summed E-state index contributed by atoms with van der Waals surface area (Å²) < 4.78 is 61.2. The first-order valence-electron chi connectivity index (χ1n) is 3.30. The van der Waals surface area contributed by atoms with Crippen LogP contribution in [0.2, 0.25) is 0 Å². The Bertz CT molecular complexity index is 328. The summed E-state index contributed by atoms with van der Waals surface area (Å²) in [5.74, 6) is 0. The fourth-order valence-corrected chi connectivity index (χ4v) is 0.622. The first kappa shape index (κ1) is 25.5. The van der Waals surface area contributed by atoms with Gasteiger partial charge in [-0.3, -0.25) is 4.55 Å². The zero-order valence-corrected chi connectivity index (χ0v) is 11.4. The summed E-state index contributed by atoms with van der Waals surface area (Å²) in [6.45, 7) is 0. The molecule has 110 valence electrons. The molecular weight excluding hydrogens is 284 g/mol. The molecule has 0 aliphatic carbocycles. The van der Waals surface area contributed by atoms with Gasteiger partial charge < -0.3 is 20.7 Å². The van der Waals surface area contributed by atoms with Crippen LogP contribution in [0, 0.1) is 0 Å². The highest BCUT2D eigenvalue weighted by Gasteiger charge is 2.07. The highest BCUT2D eigenvalue weighted by molar-refractivity contribution is 7.83. The van der Waals surface area contributed by atoms with E-state index in [1.54, 1.807) is 0 Å². The molecule has 17 heavy (non-hydrogen) atoms. The lowest BCUT2D eigenvalue weighted by atomic mass is 10.8. The molecule has 0 atom stereocenters. The standard InChI is InChI=1S/C4H12N.H3N.H2O8S2.H2O/c1-5(2,3)4;;1-9(2,3)7-8-10(4,5)6;/h1-4H3;1H3;(H,1,2,3)(H,4,5,6);1H2/q+1;;;/p-1. The van der Waals surface area contributed by atoms with Gasteiger partial charge in [0.1, 0.15) is 0 Å². The summed E-state index contributed by atoms with van der Waals surface area (Å²) in [4.78, 5) is 0. The van der Waals surface area contributed by atoms with Crippen LogP contribution >= 0.6 is 0 Å². The van der Waals surface area contributed by atoms with Crippen LogP contribution in [0.4, 0.5) is 0 Å². The minimum Gasteiger partial charge on any atom is -0.724 e. The molecule has 0 aromatic heterocycles. The van der Waals surface area contributed by atoms with Crippen molar-refractivity contribution in [2.24, 2.45) is 0 Å². The zero-order valence-electron chi connectivity index (χ0n) is 9.78. The fraction of sp³-hybridized carbons (Fsp3) is 1.00. The molecule has 0 spiro atoms. The van der Waals surface area contributed by atoms with Crippen LogP contribution in [0.25, 0.3) is 0 Å². The van der Waals surface area contributed by atoms with Crippen molar-refractivity contribution in [1.82, 2.24) is 6.15 Å². The molecule has 0 saturated carbocycles. The normalized spacial score (nSPS) is 11.4. The number of nitrogens with zero attached hydrogens (tertiary/aromatic N) is 1. The van der Waals surface area contributed by atoms with E-state index in [1.165, 1.54) is 0 Å². The van der Waals surface area contributed by atoms with Crippen molar-refractivity contribution < 1.29 is 44.6 Å². The molecule has 0 rings (SSSR count). The molecular formula is C4H18N2O9S2. The van der Waals surface area contributed by atoms with E-state index < -0.39 is 20.8 Å². The zero-order chi connectivity index (χ0) is 12.9. The number of quaternary nitrogens is 1. The molecule has 0 aromatic rings. The molecule has 13 heteroatoms. The highest BCUT2D eigenvalue weighted by atomic mass is 32.3. The summed E-state index contributed by atoms with van der Waals surface area (Å²) in [6, 6.07) is 0. The van der Waals surface area contributed by atoms with Crippen molar-refractivity contribution in [2.75, 3.05) is 28.2 Å². The van der Waals surface area contributed by atoms with Crippen LogP contribution in [-0.2, 0) is 29.5 Å². The maximum absolute atomic E-state index is 9.48. The van der Waals surface area contributed by atoms with Gasteiger partial charge in [-0.2, -0.15) is 8.42 Å². The average Bonchev–Trinajstić information content (AvgIpc) is 1.76. The van der Waals surface area contributed by atoms with Crippen molar-refractivity contribution >= 4 is 20.8 Å². The van der Waals surface area contributed by atoms with Crippen molar-refractivity contribution in [3.63, 3.8) is 0 Å². The molecule has 11 nitrogen and oxygen atoms in total. The van der Waals surface area contributed by atoms with E-state index in [1.807, 2.05) is 0 Å². The van der Waals surface area contributed by atoms with Crippen LogP contribution in [0.15, 0.2) is 0 Å². The number of hydrogen-bond donors (Lipinski definition) is 2. The fourth-order valence-electron chi connectivity index (χ4n) is 0.0691. The smallest absolute Gasteiger partial charge is 0.425 e. The van der Waals surface area contributed by atoms with Gasteiger partial charge in [0, 0.05) is 0 Å². The Kier molecular flexibility index (Phi) is 13.0. The minimum absolute atomic E-state index is 0. The first-order valence-corrected chi connectivity index (χ1v) is 6.00. The Morgan fingerprint density at radius 1 is 1.00 bits per heavy atom. The van der Waals surface area contributed by atoms with E-state index in [0.717, 1.165) is 4.48 Å². The molecule has 0 saturated heterocycles. The minimum atomic E-state index is -5.27. The molecule has 0 unspecified atom stereocenters. The molecule has 0 bridgehead atoms. The maximum atomic E-state index is 9.48. The third-order valence-electron chi connectivity index (χ3n) is 0.197. The monoisotopic (exact) mass is 302 g/mol. The summed E-state index contributed by atoms with van der Waals surface area (Å²) in [7, 11) is -1.83. The van der Waals surface area contributed by atoms with Gasteiger partial charge in [0.05, 0.1) is 28.2 Å². The first-order chi connectivity index (χ1) is 6.21. The van der Waals surface area contributed by atoms with E-state index in [4.69, 9.17) is 4.55 Å². The highest BCUT2D eigenvalue weighted by Crippen LogP contribution is 1.92. The van der Waals surface area contributed by atoms with Gasteiger partial charge in [-0.25, -0.2) is 8.42 Å². The second-order valence-electron chi connectivity index (χ2n) is 3.66. The summed E-state index contributed by atoms with van der Waals surface area (Å²) in [5, 5.41) is 0. The van der Waals surface area contributed by atoms with Crippen molar-refractivity contribution in [3.8, 4) is 0 Å². The lowest BCUT2D eigenvalue weighted by molar-refractivity contribution is -0.849. The molecule has 0 radical (unpaired) electrons. The molecule has 0 aliphatic rings. The van der Waals surface area contributed by atoms with Crippen molar-refractivity contribution in [3.05, 3.63) is 0 Å². The largest absolute Gasteiger partial charge is 0.724 e. The van der Waals surface area contributed by atoms with Gasteiger partial charge in [-0.1, -0.05) is 8.67 Å². The van der Waals surface area contributed by atoms with Crippen LogP contribution in [0.5, 0.6) is 0 Å². The maximum Gasteiger partial charge on any atom is 0.425 e. The van der Waals surface area contributed by atoms with E-state index in [9.17, 15) is 21.4 Å². The molecule has 6 N–H and O–H groups in total. The topological polar surface area (TPSA) is 197 Å². The molecule has 0 heterocycles. The predicted molar refractivity (Wildman–Crippen MR) is 56.0 cm³/mol. The lowest BCUT2D eigenvalue weighted by Gasteiger charge is -2.14. The Morgan fingerprint density at radius 2 is 1.24 bits per heavy atom. The molecule has 0 amide bonds. The van der Waals surface area contributed by atoms with Gasteiger partial charge >= 0.3 is 10.4 Å². The van der Waals surface area contributed by atoms with Gasteiger partial charge in [0.15, 0.2) is 0 Å². The van der Waals surface area contributed by atoms with Crippen molar-refractivity contribution in [1.29, 1.82) is 0 Å². The Balaban J connectivity index is -0.000000105. The molecule has 0 fully saturated rings. The third kappa shape index (κ3) is 66.1. The Hall–Kier alpha value is -0.380. The van der Waals surface area contributed by atoms with E-state index >= 15 is 0 Å². The summed E-state index contributed by atoms with van der Waals surface area (Å²) in [5.41, 5.74) is 0. The molecule has 0 aromatic carbocycles. The predicted octanol–water partition coefficient (Wildman–Crippen LogP) is -2.14. The SMILES string of the molecule is C[N+](C)(C)C.N.O.O=S(=O)([O-])OOS(=O)(=O)O. The van der Waals surface area contributed by atoms with Gasteiger partial charge in [0.25, 0.3) is 0 Å². The van der Waals surface area contributed by atoms with Gasteiger partial charge in [-0.15, -0.1) is 0 Å². The Morgan fingerprint density at radius 3 is 1.29 bits per heavy atom. The number of rotatable bonds is 3. The van der Waals surface area contributed by atoms with E-state index in [0.29, 0.717) is 0 Å². The van der Waals surface area contributed by atoms with E-state index in [2.05, 4.69) is 36.9 Å². The van der Waals surface area contributed by atoms with Crippen LogP contribution in [0.3, 0.4) is 0 Å². The second kappa shape index (κ2) is 8.67.